The van der Waals surface area contributed by atoms with Crippen LogP contribution >= 0.6 is 24.0 Å². The predicted octanol–water partition coefficient (Wildman–Crippen LogP) is 3.97. The number of nitrogens with one attached hydrogen (secondary N) is 2. The van der Waals surface area contributed by atoms with Crippen LogP contribution in [0.15, 0.2) is 41.9 Å². The van der Waals surface area contributed by atoms with Crippen molar-refractivity contribution >= 4 is 29.9 Å². The van der Waals surface area contributed by atoms with E-state index >= 15 is 0 Å². The number of hydrogen-bond donors (Lipinski definition) is 2. The molecule has 1 aromatic heterocycles. The molecule has 0 aliphatic carbocycles. The average molecular weight is 484 g/mol. The van der Waals surface area contributed by atoms with Gasteiger partial charge in [-0.1, -0.05) is 56.9 Å². The summed E-state index contributed by atoms with van der Waals surface area (Å²) in [7, 11) is 1.82. The van der Waals surface area contributed by atoms with Gasteiger partial charge in [0.15, 0.2) is 5.96 Å². The van der Waals surface area contributed by atoms with Gasteiger partial charge >= 0.3 is 0 Å². The van der Waals surface area contributed by atoms with Gasteiger partial charge in [-0.15, -0.1) is 24.0 Å². The van der Waals surface area contributed by atoms with E-state index in [4.69, 9.17) is 0 Å². The first-order valence-corrected chi connectivity index (χ1v) is 9.58. The van der Waals surface area contributed by atoms with E-state index in [1.165, 1.54) is 43.2 Å². The molecule has 2 rings (SSSR count). The van der Waals surface area contributed by atoms with Gasteiger partial charge in [-0.05, 0) is 24.5 Å². The molecule has 150 valence electrons. The number of aliphatic imine (C=N–C) groups is 1. The number of benzene rings is 1. The number of hydrogen-bond acceptors (Lipinski definition) is 3. The molecule has 7 heteroatoms. The average Bonchev–Trinajstić information content (AvgIpc) is 3.15. The van der Waals surface area contributed by atoms with Crippen LogP contribution in [0.1, 0.15) is 57.1 Å². The van der Waals surface area contributed by atoms with Crippen LogP contribution in [0.2, 0.25) is 0 Å². The Labute approximate surface area is 180 Å². The van der Waals surface area contributed by atoms with Gasteiger partial charge in [0, 0.05) is 19.6 Å². The van der Waals surface area contributed by atoms with Gasteiger partial charge in [0.2, 0.25) is 0 Å². The molecule has 1 unspecified atom stereocenters. The summed E-state index contributed by atoms with van der Waals surface area (Å²) in [5.41, 5.74) is 2.43. The fourth-order valence-electron chi connectivity index (χ4n) is 2.90. The van der Waals surface area contributed by atoms with Crippen molar-refractivity contribution in [2.45, 2.75) is 65.1 Å². The Morgan fingerprint density at radius 1 is 1.22 bits per heavy atom. The van der Waals surface area contributed by atoms with E-state index in [1.807, 2.05) is 11.7 Å². The largest absolute Gasteiger partial charge is 0.354 e. The van der Waals surface area contributed by atoms with Crippen LogP contribution in [0.3, 0.4) is 0 Å². The lowest BCUT2D eigenvalue weighted by molar-refractivity contribution is 0.537. The summed E-state index contributed by atoms with van der Waals surface area (Å²) in [6, 6.07) is 8.93. The molecule has 0 bridgehead atoms. The number of aromatic nitrogens is 3. The Morgan fingerprint density at radius 2 is 2.04 bits per heavy atom. The molecule has 0 aliphatic heterocycles. The Hall–Kier alpha value is -1.64. The maximum Gasteiger partial charge on any atom is 0.191 e. The summed E-state index contributed by atoms with van der Waals surface area (Å²) >= 11 is 0. The maximum absolute atomic E-state index is 4.34. The second-order valence-corrected chi connectivity index (χ2v) is 6.73. The lowest BCUT2D eigenvalue weighted by Gasteiger charge is -2.18. The first-order valence-electron chi connectivity index (χ1n) is 9.58. The summed E-state index contributed by atoms with van der Waals surface area (Å²) in [5, 5.41) is 11.0. The third-order valence-corrected chi connectivity index (χ3v) is 4.36. The molecule has 27 heavy (non-hydrogen) atoms. The monoisotopic (exact) mass is 484 g/mol. The summed E-state index contributed by atoms with van der Waals surface area (Å²) in [5.74, 6) is 0.856. The lowest BCUT2D eigenvalue weighted by atomic mass is 10.1. The van der Waals surface area contributed by atoms with Gasteiger partial charge in [-0.2, -0.15) is 5.10 Å². The fraction of sp³-hybridized carbons (Fsp3) is 0.550. The fourth-order valence-corrected chi connectivity index (χ4v) is 2.90. The van der Waals surface area contributed by atoms with Crippen LogP contribution in [0.25, 0.3) is 0 Å². The van der Waals surface area contributed by atoms with Gasteiger partial charge in [0.1, 0.15) is 12.7 Å². The van der Waals surface area contributed by atoms with Crippen LogP contribution in [-0.2, 0) is 13.1 Å². The Balaban J connectivity index is 0.00000364. The molecule has 0 aliphatic rings. The summed E-state index contributed by atoms with van der Waals surface area (Å²) in [6.07, 6.45) is 9.65. The predicted molar refractivity (Wildman–Crippen MR) is 123 cm³/mol. The standard InChI is InChI=1S/C20H32N6.HI/c1-4-5-6-7-9-17(2)25-20(21-3)23-13-18-10-8-11-19(12-18)14-26-16-22-15-24-26;/h8,10-12,15-17H,4-7,9,13-14H2,1-3H3,(H2,21,23,25);1H. The number of guanidine groups is 1. The molecule has 1 aromatic carbocycles. The number of rotatable bonds is 10. The van der Waals surface area contributed by atoms with Crippen molar-refractivity contribution in [2.24, 2.45) is 4.99 Å². The normalized spacial score (nSPS) is 12.3. The number of halogens is 1. The molecule has 0 saturated heterocycles. The molecule has 6 nitrogen and oxygen atoms in total. The van der Waals surface area contributed by atoms with Crippen molar-refractivity contribution in [2.75, 3.05) is 7.05 Å². The van der Waals surface area contributed by atoms with Crippen LogP contribution < -0.4 is 10.6 Å². The van der Waals surface area contributed by atoms with E-state index in [2.05, 4.69) is 63.8 Å². The summed E-state index contributed by atoms with van der Waals surface area (Å²) in [4.78, 5) is 8.33. The first-order chi connectivity index (χ1) is 12.7. The minimum absolute atomic E-state index is 0. The number of unbranched alkanes of at least 4 members (excludes halogenated alkanes) is 3. The van der Waals surface area contributed by atoms with Crippen molar-refractivity contribution < 1.29 is 0 Å². The molecule has 1 heterocycles. The van der Waals surface area contributed by atoms with Crippen LogP contribution in [-0.4, -0.2) is 33.8 Å². The Bertz CT molecular complexity index is 656. The van der Waals surface area contributed by atoms with E-state index < -0.39 is 0 Å². The van der Waals surface area contributed by atoms with Crippen LogP contribution in [0, 0.1) is 0 Å². The minimum Gasteiger partial charge on any atom is -0.354 e. The Morgan fingerprint density at radius 3 is 2.74 bits per heavy atom. The highest BCUT2D eigenvalue weighted by molar-refractivity contribution is 14.0. The van der Waals surface area contributed by atoms with Crippen molar-refractivity contribution in [3.05, 3.63) is 48.0 Å². The van der Waals surface area contributed by atoms with Gasteiger partial charge < -0.3 is 10.6 Å². The van der Waals surface area contributed by atoms with Gasteiger partial charge in [-0.25, -0.2) is 9.67 Å². The van der Waals surface area contributed by atoms with E-state index in [1.54, 1.807) is 12.7 Å². The third kappa shape index (κ3) is 9.21. The molecule has 0 radical (unpaired) electrons. The molecule has 1 atom stereocenters. The first kappa shape index (κ1) is 23.4. The zero-order valence-electron chi connectivity index (χ0n) is 16.7. The quantitative estimate of drug-likeness (QED) is 0.232. The SMILES string of the molecule is CCCCCCC(C)NC(=NC)NCc1cccc(Cn2cncn2)c1.I. The van der Waals surface area contributed by atoms with E-state index in [0.717, 1.165) is 19.0 Å². The highest BCUT2D eigenvalue weighted by Gasteiger charge is 2.05. The van der Waals surface area contributed by atoms with Crippen LogP contribution in [0.4, 0.5) is 0 Å². The second-order valence-electron chi connectivity index (χ2n) is 6.73. The van der Waals surface area contributed by atoms with Crippen LogP contribution in [0.5, 0.6) is 0 Å². The highest BCUT2D eigenvalue weighted by Crippen LogP contribution is 2.07. The van der Waals surface area contributed by atoms with Gasteiger partial charge in [-0.3, -0.25) is 4.99 Å². The molecule has 0 saturated carbocycles. The Kier molecular flexibility index (Phi) is 11.7. The minimum atomic E-state index is 0. The van der Waals surface area contributed by atoms with Gasteiger partial charge in [0.25, 0.3) is 0 Å². The van der Waals surface area contributed by atoms with Crippen molar-refractivity contribution in [1.82, 2.24) is 25.4 Å². The summed E-state index contributed by atoms with van der Waals surface area (Å²) in [6.45, 7) is 5.94. The molecular weight excluding hydrogens is 451 g/mol. The molecule has 2 aromatic rings. The molecule has 0 fully saturated rings. The maximum atomic E-state index is 4.34. The number of nitrogens with zero attached hydrogens (tertiary/aromatic N) is 4. The van der Waals surface area contributed by atoms with Crippen molar-refractivity contribution in [3.8, 4) is 0 Å². The highest BCUT2D eigenvalue weighted by atomic mass is 127. The van der Waals surface area contributed by atoms with Crippen molar-refractivity contribution in [3.63, 3.8) is 0 Å². The van der Waals surface area contributed by atoms with Gasteiger partial charge in [0.05, 0.1) is 6.54 Å². The summed E-state index contributed by atoms with van der Waals surface area (Å²) < 4.78 is 1.83. The van der Waals surface area contributed by atoms with E-state index in [9.17, 15) is 0 Å². The smallest absolute Gasteiger partial charge is 0.191 e. The zero-order chi connectivity index (χ0) is 18.6. The lowest BCUT2D eigenvalue weighted by Crippen LogP contribution is -2.41. The van der Waals surface area contributed by atoms with E-state index in [-0.39, 0.29) is 24.0 Å². The molecule has 0 spiro atoms. The molecular formula is C20H33IN6. The molecule has 2 N–H and O–H groups in total. The topological polar surface area (TPSA) is 67.1 Å². The van der Waals surface area contributed by atoms with E-state index in [0.29, 0.717) is 6.04 Å². The third-order valence-electron chi connectivity index (χ3n) is 4.36. The van der Waals surface area contributed by atoms with Crippen molar-refractivity contribution in [1.29, 1.82) is 0 Å². The zero-order valence-corrected chi connectivity index (χ0v) is 19.0. The molecule has 0 amide bonds. The second kappa shape index (κ2) is 13.5.